The van der Waals surface area contributed by atoms with Crippen LogP contribution in [0, 0.1) is 0 Å². The Hall–Kier alpha value is -2.69. The number of carbonyl (C=O) groups is 2. The minimum Gasteiger partial charge on any atom is -0.319 e. The Morgan fingerprint density at radius 1 is 1.17 bits per heavy atom. The topological polar surface area (TPSA) is 62.3 Å². The number of nitrogens with one attached hydrogen (secondary N) is 1. The second-order valence-corrected chi connectivity index (χ2v) is 3.82. The quantitative estimate of drug-likeness (QED) is 0.773. The molecule has 1 N–H and O–H groups in total. The van der Waals surface area contributed by atoms with Gasteiger partial charge in [0, 0.05) is 6.20 Å². The average Bonchev–Trinajstić information content (AvgIpc) is 2.53. The van der Waals surface area contributed by atoms with Crippen molar-refractivity contribution in [2.75, 3.05) is 10.2 Å². The Balaban J connectivity index is 2.30. The van der Waals surface area contributed by atoms with E-state index in [9.17, 15) is 9.59 Å². The highest BCUT2D eigenvalue weighted by Crippen LogP contribution is 2.34. The van der Waals surface area contributed by atoms with Crippen molar-refractivity contribution in [3.05, 3.63) is 48.2 Å². The first-order chi connectivity index (χ1) is 8.81. The molecule has 1 aromatic carbocycles. The number of anilines is 3. The van der Waals surface area contributed by atoms with Crippen molar-refractivity contribution in [1.82, 2.24) is 4.98 Å². The molecule has 0 bridgehead atoms. The number of nitrogens with zero attached hydrogens (tertiary/aromatic N) is 2. The van der Waals surface area contributed by atoms with E-state index in [0.29, 0.717) is 29.2 Å². The molecule has 1 aliphatic rings. The highest BCUT2D eigenvalue weighted by Gasteiger charge is 2.25. The van der Waals surface area contributed by atoms with Crippen LogP contribution >= 0.6 is 0 Å². The molecule has 0 saturated heterocycles. The lowest BCUT2D eigenvalue weighted by Crippen LogP contribution is -2.16. The molecule has 1 aliphatic heterocycles. The molecule has 2 aromatic rings. The average molecular weight is 239 g/mol. The second-order valence-electron chi connectivity index (χ2n) is 3.82. The van der Waals surface area contributed by atoms with Gasteiger partial charge >= 0.3 is 0 Å². The van der Waals surface area contributed by atoms with Crippen LogP contribution in [-0.4, -0.2) is 17.3 Å². The third-order valence-electron chi connectivity index (χ3n) is 2.78. The summed E-state index contributed by atoms with van der Waals surface area (Å²) >= 11 is 0. The second kappa shape index (κ2) is 3.96. The van der Waals surface area contributed by atoms with Crippen LogP contribution in [0.1, 0.15) is 10.4 Å². The molecule has 1 aromatic heterocycles. The molecule has 2 amide bonds. The highest BCUT2D eigenvalue weighted by molar-refractivity contribution is 6.14. The molecule has 5 heteroatoms. The molecule has 2 heterocycles. The van der Waals surface area contributed by atoms with Crippen molar-refractivity contribution in [1.29, 1.82) is 0 Å². The maximum Gasteiger partial charge on any atom is 0.257 e. The number of hydrogen-bond donors (Lipinski definition) is 1. The van der Waals surface area contributed by atoms with Gasteiger partial charge in [-0.1, -0.05) is 12.1 Å². The number of amides is 2. The molecule has 5 nitrogen and oxygen atoms in total. The van der Waals surface area contributed by atoms with Crippen LogP contribution in [0.2, 0.25) is 0 Å². The van der Waals surface area contributed by atoms with E-state index in [1.807, 2.05) is 0 Å². The molecule has 0 fully saturated rings. The molecule has 0 unspecified atom stereocenters. The zero-order valence-electron chi connectivity index (χ0n) is 9.33. The van der Waals surface area contributed by atoms with Gasteiger partial charge in [-0.25, -0.2) is 4.98 Å². The van der Waals surface area contributed by atoms with Gasteiger partial charge in [-0.2, -0.15) is 0 Å². The smallest absolute Gasteiger partial charge is 0.257 e. The van der Waals surface area contributed by atoms with Crippen LogP contribution in [0.5, 0.6) is 0 Å². The number of fused-ring (bicyclic) bond motifs is 2. The van der Waals surface area contributed by atoms with Gasteiger partial charge in [0.1, 0.15) is 0 Å². The summed E-state index contributed by atoms with van der Waals surface area (Å²) in [6.07, 6.45) is 2.24. The van der Waals surface area contributed by atoms with Gasteiger partial charge in [0.15, 0.2) is 5.82 Å². The van der Waals surface area contributed by atoms with Crippen LogP contribution < -0.4 is 10.2 Å². The lowest BCUT2D eigenvalue weighted by atomic mass is 10.1. The number of para-hydroxylation sites is 1. The summed E-state index contributed by atoms with van der Waals surface area (Å²) in [6, 6.07) is 10.3. The summed E-state index contributed by atoms with van der Waals surface area (Å²) < 4.78 is 0. The Morgan fingerprint density at radius 2 is 2.00 bits per heavy atom. The van der Waals surface area contributed by atoms with Crippen molar-refractivity contribution < 1.29 is 9.59 Å². The maximum atomic E-state index is 12.0. The minimum absolute atomic E-state index is 0.246. The Morgan fingerprint density at radius 3 is 2.83 bits per heavy atom. The largest absolute Gasteiger partial charge is 0.319 e. The van der Waals surface area contributed by atoms with Crippen molar-refractivity contribution in [3.8, 4) is 0 Å². The molecule has 18 heavy (non-hydrogen) atoms. The summed E-state index contributed by atoms with van der Waals surface area (Å²) in [5, 5.41) is 2.74. The Bertz CT molecular complexity index is 640. The van der Waals surface area contributed by atoms with Gasteiger partial charge in [0.05, 0.1) is 16.9 Å². The first-order valence-corrected chi connectivity index (χ1v) is 5.41. The fourth-order valence-electron chi connectivity index (χ4n) is 1.97. The molecule has 0 saturated carbocycles. The number of pyridine rings is 1. The van der Waals surface area contributed by atoms with Crippen LogP contribution in [0.3, 0.4) is 0 Å². The van der Waals surface area contributed by atoms with Crippen LogP contribution in [-0.2, 0) is 4.79 Å². The normalized spacial score (nSPS) is 13.1. The maximum absolute atomic E-state index is 12.0. The Labute approximate surface area is 103 Å². The summed E-state index contributed by atoms with van der Waals surface area (Å²) in [6.45, 7) is 0. The number of rotatable bonds is 1. The van der Waals surface area contributed by atoms with E-state index in [1.54, 1.807) is 42.6 Å². The SMILES string of the molecule is O=CN1c2ccccc2C(=O)Nc2cccnc21. The standard InChI is InChI=1S/C13H9N3O2/c17-8-16-11-6-2-1-4-9(11)13(18)15-10-5-3-7-14-12(10)16/h1-8H,(H,15,18). The highest BCUT2D eigenvalue weighted by atomic mass is 16.2. The van der Waals surface area contributed by atoms with Gasteiger partial charge in [-0.05, 0) is 24.3 Å². The molecule has 88 valence electrons. The fraction of sp³-hybridized carbons (Fsp3) is 0. The van der Waals surface area contributed by atoms with E-state index in [1.165, 1.54) is 4.90 Å². The Kier molecular flexibility index (Phi) is 2.30. The van der Waals surface area contributed by atoms with Gasteiger partial charge in [0.25, 0.3) is 5.91 Å². The first kappa shape index (κ1) is 10.5. The van der Waals surface area contributed by atoms with Crippen molar-refractivity contribution in [2.24, 2.45) is 0 Å². The minimum atomic E-state index is -0.246. The van der Waals surface area contributed by atoms with Crippen molar-refractivity contribution >= 4 is 29.5 Å². The fourth-order valence-corrected chi connectivity index (χ4v) is 1.97. The van der Waals surface area contributed by atoms with E-state index in [-0.39, 0.29) is 5.91 Å². The zero-order valence-corrected chi connectivity index (χ0v) is 9.33. The first-order valence-electron chi connectivity index (χ1n) is 5.41. The summed E-state index contributed by atoms with van der Waals surface area (Å²) in [5.74, 6) is 0.176. The summed E-state index contributed by atoms with van der Waals surface area (Å²) in [4.78, 5) is 28.8. The summed E-state index contributed by atoms with van der Waals surface area (Å²) in [5.41, 5.74) is 1.50. The predicted octanol–water partition coefficient (Wildman–Crippen LogP) is 1.94. The van der Waals surface area contributed by atoms with Gasteiger partial charge < -0.3 is 5.32 Å². The van der Waals surface area contributed by atoms with E-state index >= 15 is 0 Å². The molecule has 0 atom stereocenters. The van der Waals surface area contributed by atoms with Gasteiger partial charge in [-0.3, -0.25) is 14.5 Å². The molecule has 0 radical (unpaired) electrons. The molecule has 0 aliphatic carbocycles. The van der Waals surface area contributed by atoms with Gasteiger partial charge in [-0.15, -0.1) is 0 Å². The number of aromatic nitrogens is 1. The number of carbonyl (C=O) groups excluding carboxylic acids is 2. The molecule has 0 spiro atoms. The van der Waals surface area contributed by atoms with Crippen LogP contribution in [0.4, 0.5) is 17.2 Å². The van der Waals surface area contributed by atoms with E-state index in [2.05, 4.69) is 10.3 Å². The lowest BCUT2D eigenvalue weighted by molar-refractivity contribution is -0.106. The van der Waals surface area contributed by atoms with Gasteiger partial charge in [0.2, 0.25) is 6.41 Å². The van der Waals surface area contributed by atoms with E-state index in [4.69, 9.17) is 0 Å². The van der Waals surface area contributed by atoms with E-state index in [0.717, 1.165) is 0 Å². The molecule has 3 rings (SSSR count). The van der Waals surface area contributed by atoms with Crippen LogP contribution in [0.25, 0.3) is 0 Å². The zero-order chi connectivity index (χ0) is 12.5. The van der Waals surface area contributed by atoms with Crippen LogP contribution in [0.15, 0.2) is 42.6 Å². The lowest BCUT2D eigenvalue weighted by Gasteiger charge is -2.16. The third kappa shape index (κ3) is 1.45. The molecular formula is C13H9N3O2. The van der Waals surface area contributed by atoms with E-state index < -0.39 is 0 Å². The number of benzene rings is 1. The predicted molar refractivity (Wildman–Crippen MR) is 66.8 cm³/mol. The summed E-state index contributed by atoms with van der Waals surface area (Å²) in [7, 11) is 0. The number of hydrogen-bond acceptors (Lipinski definition) is 3. The van der Waals surface area contributed by atoms with Crippen molar-refractivity contribution in [2.45, 2.75) is 0 Å². The third-order valence-corrected chi connectivity index (χ3v) is 2.78. The molecular weight excluding hydrogens is 230 g/mol. The monoisotopic (exact) mass is 239 g/mol. The van der Waals surface area contributed by atoms with Crippen molar-refractivity contribution in [3.63, 3.8) is 0 Å².